The summed E-state index contributed by atoms with van der Waals surface area (Å²) >= 11 is 0. The molecule has 4 nitrogen and oxygen atoms in total. The van der Waals surface area contributed by atoms with E-state index >= 15 is 0 Å². The van der Waals surface area contributed by atoms with E-state index in [-0.39, 0.29) is 10.6 Å². The lowest BCUT2D eigenvalue weighted by molar-refractivity contribution is -0.427. The molecular formula is C20H28NO3. The van der Waals surface area contributed by atoms with Crippen LogP contribution in [0.1, 0.15) is 58.3 Å². The second kappa shape index (κ2) is 17.1. The Morgan fingerprint density at radius 1 is 0.958 bits per heavy atom. The van der Waals surface area contributed by atoms with Gasteiger partial charge in [-0.05, 0) is 44.6 Å². The van der Waals surface area contributed by atoms with E-state index < -0.39 is 0 Å². The maximum atomic E-state index is 10.9. The molecule has 0 saturated carbocycles. The monoisotopic (exact) mass is 330 g/mol. The zero-order chi connectivity index (χ0) is 17.9. The molecule has 0 atom stereocenters. The second-order valence-electron chi connectivity index (χ2n) is 5.19. The van der Waals surface area contributed by atoms with Crippen LogP contribution in [0.25, 0.3) is 0 Å². The van der Waals surface area contributed by atoms with Crippen molar-refractivity contribution in [2.45, 2.75) is 58.3 Å². The van der Waals surface area contributed by atoms with Crippen LogP contribution in [0, 0.1) is 10.1 Å². The molecule has 0 unspecified atom stereocenters. The number of nitrogens with zero attached hydrogens (tertiary/aromatic N) is 1. The van der Waals surface area contributed by atoms with E-state index in [1.54, 1.807) is 12.4 Å². The molecule has 0 bridgehead atoms. The van der Waals surface area contributed by atoms with Crippen molar-refractivity contribution >= 4 is 6.29 Å². The number of hydrogen-bond acceptors (Lipinski definition) is 3. The highest BCUT2D eigenvalue weighted by molar-refractivity contribution is 5.50. The molecule has 0 aromatic rings. The zero-order valence-electron chi connectivity index (χ0n) is 14.5. The molecule has 4 heteroatoms. The van der Waals surface area contributed by atoms with Crippen LogP contribution in [0.15, 0.2) is 60.4 Å². The minimum atomic E-state index is -0.359. The Kier molecular flexibility index (Phi) is 15.5. The van der Waals surface area contributed by atoms with Gasteiger partial charge in [0.2, 0.25) is 5.70 Å². The summed E-state index contributed by atoms with van der Waals surface area (Å²) in [6.07, 6.45) is 25.4. The third-order valence-corrected chi connectivity index (χ3v) is 3.14. The number of nitro groups is 1. The molecule has 131 valence electrons. The Balaban J connectivity index is 3.95. The summed E-state index contributed by atoms with van der Waals surface area (Å²) in [5.41, 5.74) is 0.184. The first-order valence-corrected chi connectivity index (χ1v) is 8.50. The summed E-state index contributed by atoms with van der Waals surface area (Å²) < 4.78 is 0. The normalized spacial score (nSPS) is 13.0. The number of unbranched alkanes of at least 4 members (excludes halogenated alkanes) is 2. The maximum absolute atomic E-state index is 10.9. The highest BCUT2D eigenvalue weighted by Gasteiger charge is 2.06. The van der Waals surface area contributed by atoms with E-state index in [2.05, 4.69) is 43.4 Å². The third-order valence-electron chi connectivity index (χ3n) is 3.14. The molecule has 0 aliphatic rings. The third kappa shape index (κ3) is 14.7. The lowest BCUT2D eigenvalue weighted by Gasteiger charge is -1.94. The van der Waals surface area contributed by atoms with Crippen molar-refractivity contribution in [3.05, 3.63) is 70.5 Å². The van der Waals surface area contributed by atoms with Gasteiger partial charge < -0.3 is 0 Å². The quantitative estimate of drug-likeness (QED) is 0.180. The highest BCUT2D eigenvalue weighted by atomic mass is 16.6. The van der Waals surface area contributed by atoms with Crippen LogP contribution in [-0.4, -0.2) is 11.2 Å². The molecule has 0 rings (SSSR count). The van der Waals surface area contributed by atoms with Crippen LogP contribution < -0.4 is 0 Å². The van der Waals surface area contributed by atoms with E-state index in [1.165, 1.54) is 0 Å². The van der Waals surface area contributed by atoms with Crippen LogP contribution in [0.5, 0.6) is 0 Å². The van der Waals surface area contributed by atoms with Gasteiger partial charge in [0.05, 0.1) is 11.3 Å². The summed E-state index contributed by atoms with van der Waals surface area (Å²) in [5, 5.41) is 10.9. The molecule has 0 N–H and O–H groups in total. The van der Waals surface area contributed by atoms with Gasteiger partial charge in [-0.2, -0.15) is 0 Å². The van der Waals surface area contributed by atoms with Gasteiger partial charge in [-0.3, -0.25) is 14.9 Å². The predicted octanol–water partition coefficient (Wildman–Crippen LogP) is 5.62. The number of hydrogen-bond donors (Lipinski definition) is 0. The van der Waals surface area contributed by atoms with Crippen molar-refractivity contribution in [3.63, 3.8) is 0 Å². The maximum Gasteiger partial charge on any atom is 0.246 e. The van der Waals surface area contributed by atoms with Gasteiger partial charge in [0, 0.05) is 6.42 Å². The van der Waals surface area contributed by atoms with Crippen molar-refractivity contribution in [2.75, 3.05) is 0 Å². The molecule has 1 radical (unpaired) electrons. The van der Waals surface area contributed by atoms with Gasteiger partial charge in [-0.15, -0.1) is 0 Å². The predicted molar refractivity (Wildman–Crippen MR) is 99.9 cm³/mol. The van der Waals surface area contributed by atoms with E-state index in [0.717, 1.165) is 25.7 Å². The molecule has 0 heterocycles. The number of rotatable bonds is 14. The van der Waals surface area contributed by atoms with Crippen LogP contribution in [0.2, 0.25) is 0 Å². The number of allylic oxidation sites excluding steroid dienone is 9. The van der Waals surface area contributed by atoms with E-state index in [1.807, 2.05) is 12.2 Å². The summed E-state index contributed by atoms with van der Waals surface area (Å²) in [6.45, 7) is 2.12. The molecule has 24 heavy (non-hydrogen) atoms. The molecule has 0 amide bonds. The van der Waals surface area contributed by atoms with Crippen molar-refractivity contribution in [1.29, 1.82) is 0 Å². The molecule has 0 aliphatic heterocycles. The molecule has 0 aliphatic carbocycles. The van der Waals surface area contributed by atoms with E-state index in [4.69, 9.17) is 0 Å². The molecule has 0 saturated heterocycles. The summed E-state index contributed by atoms with van der Waals surface area (Å²) in [7, 11) is 0. The summed E-state index contributed by atoms with van der Waals surface area (Å²) in [5.74, 6) is 0. The average Bonchev–Trinajstić information content (AvgIpc) is 2.57. The Morgan fingerprint density at radius 2 is 1.50 bits per heavy atom. The highest BCUT2D eigenvalue weighted by Crippen LogP contribution is 2.07. The topological polar surface area (TPSA) is 60.2 Å². The zero-order valence-corrected chi connectivity index (χ0v) is 14.5. The fraction of sp³-hybridized carbons (Fsp3) is 0.450. The van der Waals surface area contributed by atoms with Crippen LogP contribution >= 0.6 is 0 Å². The summed E-state index contributed by atoms with van der Waals surface area (Å²) in [6, 6.07) is 0. The Labute approximate surface area is 145 Å². The molecule has 0 aromatic carbocycles. The Bertz CT molecular complexity index is 485. The van der Waals surface area contributed by atoms with Crippen molar-refractivity contribution in [3.8, 4) is 0 Å². The second-order valence-corrected chi connectivity index (χ2v) is 5.19. The molecule has 0 fully saturated rings. The smallest absolute Gasteiger partial charge is 0.246 e. The van der Waals surface area contributed by atoms with Gasteiger partial charge >= 0.3 is 0 Å². The minimum Gasteiger partial charge on any atom is -0.291 e. The van der Waals surface area contributed by atoms with E-state index in [9.17, 15) is 14.9 Å². The average molecular weight is 330 g/mol. The van der Waals surface area contributed by atoms with Gasteiger partial charge in [-0.1, -0.05) is 55.5 Å². The first kappa shape index (κ1) is 21.8. The SMILES string of the molecule is CC/C=C\C/C=C\C/C=C\C/C=C\C/C(=C\CCC[C]=O)[N+](=O)[O-]. The Hall–Kier alpha value is -2.23. The molecule has 0 aromatic heterocycles. The van der Waals surface area contributed by atoms with Crippen molar-refractivity contribution in [2.24, 2.45) is 0 Å². The fourth-order valence-electron chi connectivity index (χ4n) is 1.86. The van der Waals surface area contributed by atoms with Gasteiger partial charge in [0.25, 0.3) is 0 Å². The summed E-state index contributed by atoms with van der Waals surface area (Å²) in [4.78, 5) is 20.6. The number of carbonyl (C=O) groups excluding carboxylic acids is 1. The van der Waals surface area contributed by atoms with Crippen LogP contribution in [-0.2, 0) is 4.79 Å². The lowest BCUT2D eigenvalue weighted by atomic mass is 10.2. The molecular weight excluding hydrogens is 302 g/mol. The van der Waals surface area contributed by atoms with Crippen LogP contribution in [0.4, 0.5) is 0 Å². The first-order chi connectivity index (χ1) is 11.7. The Morgan fingerprint density at radius 3 is 2.00 bits per heavy atom. The van der Waals surface area contributed by atoms with Crippen molar-refractivity contribution in [1.82, 2.24) is 0 Å². The first-order valence-electron chi connectivity index (χ1n) is 8.50. The van der Waals surface area contributed by atoms with Gasteiger partial charge in [-0.25, -0.2) is 0 Å². The fourth-order valence-corrected chi connectivity index (χ4v) is 1.86. The van der Waals surface area contributed by atoms with E-state index in [0.29, 0.717) is 25.7 Å². The molecule has 0 spiro atoms. The minimum absolute atomic E-state index is 0.184. The van der Waals surface area contributed by atoms with Gasteiger partial charge in [0.1, 0.15) is 0 Å². The lowest BCUT2D eigenvalue weighted by Crippen LogP contribution is -1.97. The van der Waals surface area contributed by atoms with Crippen molar-refractivity contribution < 1.29 is 9.72 Å². The standard InChI is InChI=1S/C20H28NO3/c1-2-3-4-5-6-7-8-9-10-11-12-14-17-20(21(23)24)18-15-13-16-19-22/h3-4,6-7,9-10,12,14,18H,2,5,8,11,13,15-17H2,1H3/b4-3-,7-6-,10-9-,14-12-,20-18+. The largest absolute Gasteiger partial charge is 0.291 e. The van der Waals surface area contributed by atoms with Gasteiger partial charge in [0.15, 0.2) is 6.29 Å². The van der Waals surface area contributed by atoms with Crippen LogP contribution in [0.3, 0.4) is 0 Å².